The Bertz CT molecular complexity index is 1030. The van der Waals surface area contributed by atoms with Crippen molar-refractivity contribution in [2.45, 2.75) is 13.0 Å². The van der Waals surface area contributed by atoms with Crippen molar-refractivity contribution in [2.24, 2.45) is 0 Å². The summed E-state index contributed by atoms with van der Waals surface area (Å²) >= 11 is 0.981. The highest BCUT2D eigenvalue weighted by molar-refractivity contribution is 7.14. The van der Waals surface area contributed by atoms with Crippen LogP contribution < -0.4 is 16.4 Å². The van der Waals surface area contributed by atoms with Crippen LogP contribution in [0.25, 0.3) is 11.1 Å². The van der Waals surface area contributed by atoms with E-state index in [1.807, 2.05) is 0 Å². The molecule has 0 saturated carbocycles. The number of carbonyl (C=O) groups is 2. The second kappa shape index (κ2) is 9.84. The average Bonchev–Trinajstić information content (AvgIpc) is 3.13. The van der Waals surface area contributed by atoms with Gasteiger partial charge in [-0.05, 0) is 24.6 Å². The highest BCUT2D eigenvalue weighted by Crippen LogP contribution is 2.36. The Morgan fingerprint density at radius 3 is 2.47 bits per heavy atom. The quantitative estimate of drug-likeness (QED) is 0.537. The Kier molecular flexibility index (Phi) is 7.48. The first kappa shape index (κ1) is 22.8. The maximum absolute atomic E-state index is 13.8. The number of halogens is 2. The van der Waals surface area contributed by atoms with E-state index in [-0.39, 0.29) is 33.3 Å². The van der Waals surface area contributed by atoms with Gasteiger partial charge in [-0.15, -0.1) is 11.3 Å². The second-order valence-corrected chi connectivity index (χ2v) is 7.17. The number of carboxylic acid groups (broad SMARTS) is 1. The summed E-state index contributed by atoms with van der Waals surface area (Å²) in [5.41, 5.74) is 7.21. The SMILES string of the molecule is C=CC1=C(C=C)NC(C=O)CN1.Cc1ccc(-c2csc(N)c2C(=O)O)c(F)c1F. The minimum Gasteiger partial charge on any atom is -0.478 e. The topological polar surface area (TPSA) is 104 Å². The summed E-state index contributed by atoms with van der Waals surface area (Å²) < 4.78 is 27.3. The van der Waals surface area contributed by atoms with E-state index < -0.39 is 17.6 Å². The first-order valence-corrected chi connectivity index (χ1v) is 9.63. The lowest BCUT2D eigenvalue weighted by Crippen LogP contribution is -2.44. The molecule has 30 heavy (non-hydrogen) atoms. The number of hydrogen-bond donors (Lipinski definition) is 4. The van der Waals surface area contributed by atoms with E-state index in [0.717, 1.165) is 29.0 Å². The number of nitrogens with one attached hydrogen (secondary N) is 2. The molecule has 158 valence electrons. The molecule has 2 aromatic rings. The number of anilines is 1. The Labute approximate surface area is 176 Å². The summed E-state index contributed by atoms with van der Waals surface area (Å²) in [6.45, 7) is 9.30. The number of aldehydes is 1. The minimum atomic E-state index is -1.26. The molecular weight excluding hydrogens is 412 g/mol. The fraction of sp³-hybridized carbons (Fsp3) is 0.143. The zero-order valence-corrected chi connectivity index (χ0v) is 17.0. The van der Waals surface area contributed by atoms with Gasteiger partial charge in [0.15, 0.2) is 11.6 Å². The predicted molar refractivity (Wildman–Crippen MR) is 114 cm³/mol. The van der Waals surface area contributed by atoms with Crippen LogP contribution in [0, 0.1) is 18.6 Å². The molecule has 9 heteroatoms. The maximum atomic E-state index is 13.8. The molecule has 0 fully saturated rings. The van der Waals surface area contributed by atoms with Crippen LogP contribution in [-0.2, 0) is 4.79 Å². The van der Waals surface area contributed by atoms with Crippen molar-refractivity contribution in [2.75, 3.05) is 12.3 Å². The van der Waals surface area contributed by atoms with Crippen molar-refractivity contribution in [1.82, 2.24) is 10.6 Å². The number of carboxylic acids is 1. The number of thiophene rings is 1. The van der Waals surface area contributed by atoms with Crippen LogP contribution in [0.15, 0.2) is 54.2 Å². The number of benzene rings is 1. The zero-order chi connectivity index (χ0) is 22.4. The van der Waals surface area contributed by atoms with Crippen molar-refractivity contribution >= 4 is 28.6 Å². The Morgan fingerprint density at radius 2 is 1.90 bits per heavy atom. The van der Waals surface area contributed by atoms with Gasteiger partial charge in [-0.1, -0.05) is 25.3 Å². The van der Waals surface area contributed by atoms with Gasteiger partial charge in [0.1, 0.15) is 16.9 Å². The van der Waals surface area contributed by atoms with E-state index in [9.17, 15) is 18.4 Å². The maximum Gasteiger partial charge on any atom is 0.339 e. The Hall–Kier alpha value is -3.46. The van der Waals surface area contributed by atoms with Crippen LogP contribution in [0.2, 0.25) is 0 Å². The van der Waals surface area contributed by atoms with E-state index in [4.69, 9.17) is 10.8 Å². The highest BCUT2D eigenvalue weighted by Gasteiger charge is 2.22. The third-order valence-corrected chi connectivity index (χ3v) is 5.13. The molecule has 1 aliphatic heterocycles. The number of hydrogen-bond acceptors (Lipinski definition) is 6. The van der Waals surface area contributed by atoms with E-state index in [0.29, 0.717) is 6.54 Å². The van der Waals surface area contributed by atoms with Gasteiger partial charge in [0.25, 0.3) is 0 Å². The van der Waals surface area contributed by atoms with E-state index in [1.54, 1.807) is 12.2 Å². The van der Waals surface area contributed by atoms with Gasteiger partial charge in [-0.3, -0.25) is 0 Å². The van der Waals surface area contributed by atoms with Gasteiger partial charge >= 0.3 is 5.97 Å². The van der Waals surface area contributed by atoms with Gasteiger partial charge in [-0.2, -0.15) is 0 Å². The molecule has 1 atom stereocenters. The number of aryl methyl sites for hydroxylation is 1. The summed E-state index contributed by atoms with van der Waals surface area (Å²) in [6, 6.07) is 2.58. The lowest BCUT2D eigenvalue weighted by Gasteiger charge is -2.24. The molecule has 0 saturated heterocycles. The number of carbonyl (C=O) groups excluding carboxylic acids is 1. The fourth-order valence-corrected chi connectivity index (χ4v) is 3.53. The Balaban J connectivity index is 0.000000232. The third-order valence-electron chi connectivity index (χ3n) is 4.31. The molecule has 0 spiro atoms. The monoisotopic (exact) mass is 433 g/mol. The standard InChI is InChI=1S/C12H9F2NO2S.C9H12N2O/c1-5-2-3-6(10(14)9(5)13)7-4-18-11(15)8(7)12(16)17;1-3-8-9(4-2)11-7(6-12)5-10-8/h2-4H,15H2,1H3,(H,16,17);3-4,6-7,10-11H,1-2,5H2. The third kappa shape index (κ3) is 4.74. The summed E-state index contributed by atoms with van der Waals surface area (Å²) in [4.78, 5) is 21.5. The molecule has 2 heterocycles. The normalized spacial score (nSPS) is 15.2. The number of rotatable bonds is 5. The first-order chi connectivity index (χ1) is 14.2. The summed E-state index contributed by atoms with van der Waals surface area (Å²) in [7, 11) is 0. The molecule has 1 aromatic carbocycles. The lowest BCUT2D eigenvalue weighted by atomic mass is 10.0. The molecule has 5 N–H and O–H groups in total. The molecule has 1 aliphatic rings. The number of nitrogen functional groups attached to an aromatic ring is 1. The minimum absolute atomic E-state index is 0.0675. The number of nitrogens with two attached hydrogens (primary N) is 1. The summed E-state index contributed by atoms with van der Waals surface area (Å²) in [6.07, 6.45) is 4.24. The van der Waals surface area contributed by atoms with Crippen molar-refractivity contribution in [3.8, 4) is 11.1 Å². The molecule has 0 amide bonds. The number of allylic oxidation sites excluding steroid dienone is 2. The van der Waals surface area contributed by atoms with Crippen molar-refractivity contribution < 1.29 is 23.5 Å². The van der Waals surface area contributed by atoms with Crippen LogP contribution in [0.1, 0.15) is 15.9 Å². The molecule has 1 aromatic heterocycles. The van der Waals surface area contributed by atoms with Gasteiger partial charge < -0.3 is 26.3 Å². The second-order valence-electron chi connectivity index (χ2n) is 6.26. The summed E-state index contributed by atoms with van der Waals surface area (Å²) in [5, 5.41) is 16.6. The summed E-state index contributed by atoms with van der Waals surface area (Å²) in [5.74, 6) is -3.30. The van der Waals surface area contributed by atoms with Gasteiger partial charge in [0.2, 0.25) is 0 Å². The van der Waals surface area contributed by atoms with E-state index in [1.165, 1.54) is 24.4 Å². The first-order valence-electron chi connectivity index (χ1n) is 8.75. The van der Waals surface area contributed by atoms with Crippen LogP contribution >= 0.6 is 11.3 Å². The molecule has 0 bridgehead atoms. The van der Waals surface area contributed by atoms with Crippen molar-refractivity contribution in [3.05, 3.63) is 77.0 Å². The fourth-order valence-electron chi connectivity index (χ4n) is 2.72. The molecular formula is C21H21F2N3O3S. The van der Waals surface area contributed by atoms with Crippen LogP contribution in [0.3, 0.4) is 0 Å². The van der Waals surface area contributed by atoms with Crippen LogP contribution in [0.5, 0.6) is 0 Å². The molecule has 6 nitrogen and oxygen atoms in total. The zero-order valence-electron chi connectivity index (χ0n) is 16.2. The highest BCUT2D eigenvalue weighted by atomic mass is 32.1. The smallest absolute Gasteiger partial charge is 0.339 e. The average molecular weight is 433 g/mol. The van der Waals surface area contributed by atoms with E-state index in [2.05, 4.69) is 23.8 Å². The van der Waals surface area contributed by atoms with Crippen molar-refractivity contribution in [3.63, 3.8) is 0 Å². The van der Waals surface area contributed by atoms with Gasteiger partial charge in [-0.25, -0.2) is 13.6 Å². The van der Waals surface area contributed by atoms with Gasteiger partial charge in [0.05, 0.1) is 17.4 Å². The predicted octanol–water partition coefficient (Wildman–Crippen LogP) is 3.61. The molecule has 0 radical (unpaired) electrons. The molecule has 3 rings (SSSR count). The van der Waals surface area contributed by atoms with Gasteiger partial charge in [0, 0.05) is 23.1 Å². The van der Waals surface area contributed by atoms with Crippen molar-refractivity contribution in [1.29, 1.82) is 0 Å². The van der Waals surface area contributed by atoms with E-state index >= 15 is 0 Å². The number of aromatic carboxylic acids is 1. The Morgan fingerprint density at radius 1 is 1.23 bits per heavy atom. The lowest BCUT2D eigenvalue weighted by molar-refractivity contribution is -0.109. The van der Waals surface area contributed by atoms with Crippen LogP contribution in [-0.4, -0.2) is 29.9 Å². The van der Waals surface area contributed by atoms with Crippen LogP contribution in [0.4, 0.5) is 13.8 Å². The molecule has 1 unspecified atom stereocenters. The largest absolute Gasteiger partial charge is 0.478 e. The molecule has 0 aliphatic carbocycles.